The fraction of sp³-hybridized carbons (Fsp3) is 0.130. The van der Waals surface area contributed by atoms with Crippen LogP contribution >= 0.6 is 0 Å². The van der Waals surface area contributed by atoms with Gasteiger partial charge in [0.25, 0.3) is 11.8 Å². The van der Waals surface area contributed by atoms with E-state index < -0.39 is 0 Å². The van der Waals surface area contributed by atoms with Crippen molar-refractivity contribution < 1.29 is 14.3 Å². The van der Waals surface area contributed by atoms with Crippen LogP contribution in [0, 0.1) is 6.92 Å². The van der Waals surface area contributed by atoms with Crippen molar-refractivity contribution in [3.8, 4) is 5.75 Å². The highest BCUT2D eigenvalue weighted by Crippen LogP contribution is 2.38. The van der Waals surface area contributed by atoms with Crippen molar-refractivity contribution in [1.82, 2.24) is 9.88 Å². The molecular weight excluding hydrogens is 352 g/mol. The average molecular weight is 370 g/mol. The Hall–Kier alpha value is -3.60. The molecule has 1 aliphatic rings. The van der Waals surface area contributed by atoms with Crippen LogP contribution < -0.4 is 4.74 Å². The lowest BCUT2D eigenvalue weighted by Crippen LogP contribution is -2.29. The first-order valence-corrected chi connectivity index (χ1v) is 9.11. The summed E-state index contributed by atoms with van der Waals surface area (Å²) in [4.78, 5) is 31.1. The van der Waals surface area contributed by atoms with Crippen molar-refractivity contribution in [2.75, 3.05) is 7.11 Å². The second kappa shape index (κ2) is 5.96. The van der Waals surface area contributed by atoms with Gasteiger partial charge in [-0.1, -0.05) is 30.3 Å². The summed E-state index contributed by atoms with van der Waals surface area (Å²) in [5.41, 5.74) is 4.59. The van der Waals surface area contributed by atoms with Crippen LogP contribution in [0.1, 0.15) is 31.8 Å². The molecule has 138 valence electrons. The molecule has 28 heavy (non-hydrogen) atoms. The fourth-order valence-corrected chi connectivity index (χ4v) is 4.02. The Bertz CT molecular complexity index is 1270. The number of fused-ring (bicyclic) bond motifs is 5. The molecule has 1 N–H and O–H groups in total. The maximum Gasteiger partial charge on any atom is 0.262 e. The van der Waals surface area contributed by atoms with Gasteiger partial charge < -0.3 is 9.72 Å². The Kier molecular flexibility index (Phi) is 3.52. The zero-order valence-corrected chi connectivity index (χ0v) is 15.6. The molecule has 0 atom stereocenters. The van der Waals surface area contributed by atoms with Gasteiger partial charge in [0.2, 0.25) is 0 Å². The van der Waals surface area contributed by atoms with Crippen molar-refractivity contribution in [2.45, 2.75) is 13.5 Å². The smallest absolute Gasteiger partial charge is 0.262 e. The number of ether oxygens (including phenoxy) is 1. The van der Waals surface area contributed by atoms with Crippen LogP contribution in [-0.2, 0) is 6.54 Å². The maximum absolute atomic E-state index is 13.3. The summed E-state index contributed by atoms with van der Waals surface area (Å²) in [5.74, 6) is 0.213. The molecule has 0 unspecified atom stereocenters. The number of aryl methyl sites for hydroxylation is 1. The van der Waals surface area contributed by atoms with E-state index in [0.717, 1.165) is 32.9 Å². The van der Waals surface area contributed by atoms with Crippen LogP contribution in [0.15, 0.2) is 54.6 Å². The minimum atomic E-state index is -0.252. The number of hydrogen-bond acceptors (Lipinski definition) is 3. The first-order valence-electron chi connectivity index (χ1n) is 9.11. The number of hydrogen-bond donors (Lipinski definition) is 1. The number of methoxy groups -OCH3 is 1. The molecule has 0 saturated carbocycles. The Labute approximate surface area is 161 Å². The van der Waals surface area contributed by atoms with E-state index >= 15 is 0 Å². The van der Waals surface area contributed by atoms with E-state index in [0.29, 0.717) is 16.9 Å². The van der Waals surface area contributed by atoms with Gasteiger partial charge in [-0.05, 0) is 42.3 Å². The number of carbonyl (C=O) groups excluding carboxylic acids is 2. The van der Waals surface area contributed by atoms with E-state index in [-0.39, 0.29) is 18.4 Å². The van der Waals surface area contributed by atoms with E-state index in [4.69, 9.17) is 4.74 Å². The molecule has 3 aromatic carbocycles. The van der Waals surface area contributed by atoms with Gasteiger partial charge in [0.05, 0.1) is 30.3 Å². The summed E-state index contributed by atoms with van der Waals surface area (Å²) in [5, 5.41) is 1.68. The van der Waals surface area contributed by atoms with E-state index in [1.165, 1.54) is 4.90 Å². The van der Waals surface area contributed by atoms with Gasteiger partial charge >= 0.3 is 0 Å². The summed E-state index contributed by atoms with van der Waals surface area (Å²) in [6.45, 7) is 2.21. The SMILES string of the molecule is COc1ccc2[nH]c3c(C)cc4c(c3c2c1)C(=O)N(Cc1ccccc1)C4=O. The third-order valence-electron chi connectivity index (χ3n) is 5.40. The quantitative estimate of drug-likeness (QED) is 0.543. The number of aromatic nitrogens is 1. The summed E-state index contributed by atoms with van der Waals surface area (Å²) >= 11 is 0. The van der Waals surface area contributed by atoms with Crippen LogP contribution in [0.25, 0.3) is 21.8 Å². The minimum absolute atomic E-state index is 0.244. The van der Waals surface area contributed by atoms with Crippen LogP contribution in [-0.4, -0.2) is 28.8 Å². The number of amides is 2. The largest absolute Gasteiger partial charge is 0.497 e. The zero-order chi connectivity index (χ0) is 19.4. The van der Waals surface area contributed by atoms with Crippen LogP contribution in [0.5, 0.6) is 5.75 Å². The number of carbonyl (C=O) groups is 2. The number of imide groups is 1. The predicted octanol–water partition coefficient (Wildman–Crippen LogP) is 4.43. The number of nitrogens with one attached hydrogen (secondary N) is 1. The molecule has 0 spiro atoms. The lowest BCUT2D eigenvalue weighted by atomic mass is 9.99. The maximum atomic E-state index is 13.3. The third kappa shape index (κ3) is 2.26. The summed E-state index contributed by atoms with van der Waals surface area (Å²) < 4.78 is 5.36. The van der Waals surface area contributed by atoms with Gasteiger partial charge in [-0.2, -0.15) is 0 Å². The second-order valence-corrected chi connectivity index (χ2v) is 7.08. The Morgan fingerprint density at radius 1 is 1.00 bits per heavy atom. The van der Waals surface area contributed by atoms with E-state index in [9.17, 15) is 9.59 Å². The van der Waals surface area contributed by atoms with Gasteiger partial charge in [-0.3, -0.25) is 14.5 Å². The van der Waals surface area contributed by atoms with Crippen molar-refractivity contribution in [1.29, 1.82) is 0 Å². The fourth-order valence-electron chi connectivity index (χ4n) is 4.02. The van der Waals surface area contributed by atoms with Crippen LogP contribution in [0.3, 0.4) is 0 Å². The Morgan fingerprint density at radius 2 is 1.79 bits per heavy atom. The van der Waals surface area contributed by atoms with Crippen LogP contribution in [0.4, 0.5) is 0 Å². The molecule has 0 fully saturated rings. The van der Waals surface area contributed by atoms with Gasteiger partial charge in [0, 0.05) is 16.3 Å². The van der Waals surface area contributed by atoms with Crippen molar-refractivity contribution in [2.24, 2.45) is 0 Å². The first kappa shape index (κ1) is 16.6. The number of benzene rings is 3. The summed E-state index contributed by atoms with van der Waals surface area (Å²) in [7, 11) is 1.61. The molecule has 1 aliphatic heterocycles. The van der Waals surface area contributed by atoms with Gasteiger partial charge in [0.15, 0.2) is 0 Å². The van der Waals surface area contributed by atoms with Gasteiger partial charge in [0.1, 0.15) is 5.75 Å². The summed E-state index contributed by atoms with van der Waals surface area (Å²) in [6, 6.07) is 17.1. The molecule has 0 saturated heterocycles. The molecule has 4 aromatic rings. The molecule has 0 aliphatic carbocycles. The molecule has 0 bridgehead atoms. The normalized spacial score (nSPS) is 13.6. The number of H-pyrrole nitrogens is 1. The topological polar surface area (TPSA) is 62.4 Å². The van der Waals surface area contributed by atoms with E-state index in [1.807, 2.05) is 61.5 Å². The molecule has 2 heterocycles. The third-order valence-corrected chi connectivity index (χ3v) is 5.40. The predicted molar refractivity (Wildman–Crippen MR) is 108 cm³/mol. The number of aromatic amines is 1. The number of rotatable bonds is 3. The van der Waals surface area contributed by atoms with Crippen molar-refractivity contribution in [3.05, 3.63) is 76.9 Å². The monoisotopic (exact) mass is 370 g/mol. The molecule has 2 amide bonds. The van der Waals surface area contributed by atoms with Crippen molar-refractivity contribution in [3.63, 3.8) is 0 Å². The standard InChI is InChI=1S/C23H18N2O3/c1-13-10-17-20(19-16-11-15(28-2)8-9-18(16)24-21(13)19)23(27)25(22(17)26)12-14-6-4-3-5-7-14/h3-11,24H,12H2,1-2H3. The molecule has 5 heteroatoms. The molecule has 0 radical (unpaired) electrons. The highest BCUT2D eigenvalue weighted by atomic mass is 16.5. The minimum Gasteiger partial charge on any atom is -0.497 e. The van der Waals surface area contributed by atoms with E-state index in [2.05, 4.69) is 4.98 Å². The zero-order valence-electron chi connectivity index (χ0n) is 15.6. The molecular formula is C23H18N2O3. The highest BCUT2D eigenvalue weighted by molar-refractivity contribution is 6.30. The van der Waals surface area contributed by atoms with Crippen LogP contribution in [0.2, 0.25) is 0 Å². The highest BCUT2D eigenvalue weighted by Gasteiger charge is 2.38. The molecule has 5 nitrogen and oxygen atoms in total. The Balaban J connectivity index is 1.74. The second-order valence-electron chi connectivity index (χ2n) is 7.08. The average Bonchev–Trinajstić information content (AvgIpc) is 3.20. The van der Waals surface area contributed by atoms with E-state index in [1.54, 1.807) is 7.11 Å². The van der Waals surface area contributed by atoms with Crippen molar-refractivity contribution >= 4 is 33.6 Å². The molecule has 1 aromatic heterocycles. The summed E-state index contributed by atoms with van der Waals surface area (Å²) in [6.07, 6.45) is 0. The Morgan fingerprint density at radius 3 is 2.54 bits per heavy atom. The molecule has 5 rings (SSSR count). The number of nitrogens with zero attached hydrogens (tertiary/aromatic N) is 1. The lowest BCUT2D eigenvalue weighted by Gasteiger charge is -2.13. The van der Waals surface area contributed by atoms with Gasteiger partial charge in [-0.25, -0.2) is 0 Å². The lowest BCUT2D eigenvalue weighted by molar-refractivity contribution is 0.0643. The first-order chi connectivity index (χ1) is 13.6. The van der Waals surface area contributed by atoms with Gasteiger partial charge in [-0.15, -0.1) is 0 Å².